The van der Waals surface area contributed by atoms with Gasteiger partial charge in [0.05, 0.1) is 10.8 Å². The second-order valence-electron chi connectivity index (χ2n) is 23.1. The minimum atomic E-state index is -0.968. The summed E-state index contributed by atoms with van der Waals surface area (Å²) in [5.41, 5.74) is 2.92. The molecule has 0 aliphatic heterocycles. The topological polar surface area (TPSA) is 86.7 Å². The second-order valence-corrected chi connectivity index (χ2v) is 29.2. The predicted octanol–water partition coefficient (Wildman–Crippen LogP) is 15.5. The van der Waals surface area contributed by atoms with Crippen molar-refractivity contribution in [2.75, 3.05) is 0 Å². The third kappa shape index (κ3) is 8.94. The van der Waals surface area contributed by atoms with Crippen molar-refractivity contribution in [3.8, 4) is 43.5 Å². The van der Waals surface area contributed by atoms with Crippen LogP contribution in [0.2, 0.25) is 0 Å². The number of allylic oxidation sites excluding steroid dienone is 8. The third-order valence-electron chi connectivity index (χ3n) is 12.6. The van der Waals surface area contributed by atoms with Crippen LogP contribution < -0.4 is 9.47 Å². The van der Waals surface area contributed by atoms with Crippen molar-refractivity contribution in [3.05, 3.63) is 117 Å². The van der Waals surface area contributed by atoms with Crippen LogP contribution >= 0.6 is 54.5 Å². The quantitative estimate of drug-likeness (QED) is 0.109. The van der Waals surface area contributed by atoms with Crippen molar-refractivity contribution in [1.29, 1.82) is 0 Å². The van der Waals surface area contributed by atoms with Crippen LogP contribution in [0.15, 0.2) is 107 Å². The van der Waals surface area contributed by atoms with Gasteiger partial charge in [-0.25, -0.2) is 0 Å². The Morgan fingerprint density at radius 1 is 0.455 bits per heavy atom. The molecule has 66 heavy (non-hydrogen) atoms. The molecule has 3 aliphatic rings. The zero-order chi connectivity index (χ0) is 49.1. The highest BCUT2D eigenvalue weighted by molar-refractivity contribution is 9.10. The molecule has 0 unspecified atom stereocenters. The van der Waals surface area contributed by atoms with Gasteiger partial charge >= 0.3 is 11.9 Å². The molecule has 0 saturated carbocycles. The van der Waals surface area contributed by atoms with E-state index in [2.05, 4.69) is 151 Å². The number of benzene rings is 2. The highest BCUT2D eigenvalue weighted by Gasteiger charge is 2.61. The average molecular weight is 1060 g/mol. The first-order chi connectivity index (χ1) is 30.1. The lowest BCUT2D eigenvalue weighted by Crippen LogP contribution is -2.52. The van der Waals surface area contributed by atoms with Crippen molar-refractivity contribution >= 4 is 78.0 Å². The van der Waals surface area contributed by atoms with Gasteiger partial charge < -0.3 is 9.47 Å². The number of thiophene rings is 2. The van der Waals surface area contributed by atoms with Gasteiger partial charge in [-0.05, 0) is 132 Å². The molecule has 0 N–H and O–H groups in total. The van der Waals surface area contributed by atoms with Crippen LogP contribution in [-0.4, -0.2) is 32.2 Å². The normalized spacial score (nSPS) is 17.4. The van der Waals surface area contributed by atoms with E-state index >= 15 is 9.59 Å². The molecule has 0 radical (unpaired) electrons. The molecule has 6 nitrogen and oxygen atoms in total. The Labute approximate surface area is 416 Å². The number of ether oxygens (including phenoxy) is 2. The molecule has 3 aliphatic carbocycles. The van der Waals surface area contributed by atoms with Crippen LogP contribution in [0.1, 0.15) is 121 Å². The molecule has 0 bridgehead atoms. The van der Waals surface area contributed by atoms with E-state index in [1.807, 2.05) is 48.5 Å². The summed E-state index contributed by atoms with van der Waals surface area (Å²) in [6.45, 7) is 32.4. The number of hydrogen-bond acceptors (Lipinski definition) is 8. The van der Waals surface area contributed by atoms with Gasteiger partial charge in [-0.1, -0.05) is 139 Å². The number of hydrogen-bond donors (Lipinski definition) is 0. The Balaban J connectivity index is 1.61. The SMILES string of the molecule is CC(C)(C)C1=CC2(C=C(C(C)(C)C)C1=O)c1sc(-c3ccc(OC(=O)C(C)(C)Br)cc3)cc1-c1cc(-c3ccc(OC(=O)C(C)(C)Br)cc3)sc1C21C=C(C(C)(C)C)C(=O)C(C(C)(C)C)=C1. The zero-order valence-corrected chi connectivity index (χ0v) is 45.9. The summed E-state index contributed by atoms with van der Waals surface area (Å²) < 4.78 is 9.78. The minimum Gasteiger partial charge on any atom is -0.426 e. The van der Waals surface area contributed by atoms with Gasteiger partial charge in [0.25, 0.3) is 0 Å². The van der Waals surface area contributed by atoms with Gasteiger partial charge in [0.15, 0.2) is 11.6 Å². The minimum absolute atomic E-state index is 0.0413. The van der Waals surface area contributed by atoms with E-state index < -0.39 is 41.1 Å². The first-order valence-electron chi connectivity index (χ1n) is 22.4. The molecule has 0 saturated heterocycles. The van der Waals surface area contributed by atoms with Gasteiger partial charge in [0, 0.05) is 41.8 Å². The van der Waals surface area contributed by atoms with Crippen LogP contribution in [0, 0.1) is 21.7 Å². The van der Waals surface area contributed by atoms with Gasteiger partial charge in [0.2, 0.25) is 0 Å². The largest absolute Gasteiger partial charge is 0.426 e. The van der Waals surface area contributed by atoms with Crippen LogP contribution in [0.4, 0.5) is 0 Å². The molecule has 348 valence electrons. The zero-order valence-electron chi connectivity index (χ0n) is 41.1. The van der Waals surface area contributed by atoms with Crippen LogP contribution in [0.25, 0.3) is 32.0 Å². The number of alkyl halides is 2. The van der Waals surface area contributed by atoms with E-state index in [1.54, 1.807) is 50.4 Å². The maximum atomic E-state index is 15.0. The summed E-state index contributed by atoms with van der Waals surface area (Å²) in [5, 5.41) is 0. The lowest BCUT2D eigenvalue weighted by molar-refractivity contribution is -0.136. The van der Waals surface area contributed by atoms with E-state index in [4.69, 9.17) is 9.47 Å². The van der Waals surface area contributed by atoms with Crippen LogP contribution in [-0.2, 0) is 30.0 Å². The fourth-order valence-corrected chi connectivity index (χ4v) is 11.7. The number of rotatable bonds is 6. The summed E-state index contributed by atoms with van der Waals surface area (Å²) in [4.78, 5) is 59.8. The fourth-order valence-electron chi connectivity index (χ4n) is 8.80. The Morgan fingerprint density at radius 2 is 0.712 bits per heavy atom. The van der Waals surface area contributed by atoms with Crippen LogP contribution in [0.5, 0.6) is 11.5 Å². The summed E-state index contributed by atoms with van der Waals surface area (Å²) in [6.07, 6.45) is 9.03. The predicted molar refractivity (Wildman–Crippen MR) is 279 cm³/mol. The van der Waals surface area contributed by atoms with Gasteiger partial charge in [-0.15, -0.1) is 22.7 Å². The Kier molecular flexibility index (Phi) is 12.4. The second kappa shape index (κ2) is 16.3. The average Bonchev–Trinajstić information content (AvgIpc) is 3.83. The number of ketones is 2. The van der Waals surface area contributed by atoms with E-state index in [1.165, 1.54) is 0 Å². The first kappa shape index (κ1) is 49.9. The highest BCUT2D eigenvalue weighted by Crippen LogP contribution is 2.67. The molecule has 2 spiro atoms. The van der Waals surface area contributed by atoms with Crippen molar-refractivity contribution < 1.29 is 28.7 Å². The van der Waals surface area contributed by atoms with Crippen LogP contribution in [0.3, 0.4) is 0 Å². The number of Topliss-reactive ketones (excluding diaryl/α,β-unsaturated/α-hetero) is 2. The molecule has 0 amide bonds. The molecule has 2 aromatic carbocycles. The lowest BCUT2D eigenvalue weighted by atomic mass is 9.49. The summed E-state index contributed by atoms with van der Waals surface area (Å²) in [7, 11) is 0. The van der Waals surface area contributed by atoms with Crippen molar-refractivity contribution in [2.45, 2.75) is 130 Å². The third-order valence-corrected chi connectivity index (χ3v) is 15.9. The Morgan fingerprint density at radius 3 is 0.939 bits per heavy atom. The van der Waals surface area contributed by atoms with E-state index in [0.29, 0.717) is 11.5 Å². The van der Waals surface area contributed by atoms with Crippen molar-refractivity contribution in [2.24, 2.45) is 21.7 Å². The van der Waals surface area contributed by atoms with Crippen molar-refractivity contribution in [3.63, 3.8) is 0 Å². The first-order valence-corrected chi connectivity index (χ1v) is 25.7. The number of esters is 2. The number of fused-ring (bicyclic) bond motifs is 6. The molecule has 2 heterocycles. The summed E-state index contributed by atoms with van der Waals surface area (Å²) in [6, 6.07) is 19.8. The fraction of sp³-hybridized carbons (Fsp3) is 0.429. The molecule has 4 aromatic rings. The van der Waals surface area contributed by atoms with Gasteiger partial charge in [-0.2, -0.15) is 0 Å². The van der Waals surface area contributed by atoms with Gasteiger partial charge in [0.1, 0.15) is 20.1 Å². The maximum Gasteiger partial charge on any atom is 0.327 e. The standard InChI is InChI=1S/C56H62Br2O6S2/c1-49(2,3)37-27-55(28-38(43(37)59)50(4,5)6)45-35(25-41(65-45)31-17-21-33(22-18-31)63-47(61)53(13,14)57)36-26-42(32-19-23-34(24-20-32)64-48(62)54(15,16)58)66-46(36)56(55)29-39(51(7,8)9)44(60)40(30-56)52(10,11)12/h17-30H,1-16H3. The molecule has 0 fully saturated rings. The monoisotopic (exact) mass is 1050 g/mol. The van der Waals surface area contributed by atoms with E-state index in [9.17, 15) is 9.59 Å². The molecule has 2 aromatic heterocycles. The maximum absolute atomic E-state index is 15.0. The molecule has 0 atom stereocenters. The molecule has 10 heteroatoms. The number of carbonyl (C=O) groups excluding carboxylic acids is 4. The Hall–Kier alpha value is -3.96. The highest BCUT2D eigenvalue weighted by atomic mass is 79.9. The smallest absolute Gasteiger partial charge is 0.327 e. The molecule has 7 rings (SSSR count). The van der Waals surface area contributed by atoms with E-state index in [-0.39, 0.29) is 23.5 Å². The van der Waals surface area contributed by atoms with Gasteiger partial charge in [-0.3, -0.25) is 19.2 Å². The lowest BCUT2D eigenvalue weighted by Gasteiger charge is -2.53. The number of halogens is 2. The summed E-state index contributed by atoms with van der Waals surface area (Å²) >= 11 is 10.2. The Bertz CT molecular complexity index is 2540. The molecular formula is C56H62Br2O6S2. The van der Waals surface area contributed by atoms with Crippen molar-refractivity contribution in [1.82, 2.24) is 0 Å². The van der Waals surface area contributed by atoms with E-state index in [0.717, 1.165) is 64.1 Å². The number of carbonyl (C=O) groups is 4. The molecular weight excluding hydrogens is 993 g/mol. The summed E-state index contributed by atoms with van der Waals surface area (Å²) in [5.74, 6) is 0.197.